The van der Waals surface area contributed by atoms with E-state index in [1.807, 2.05) is 0 Å². The molecule has 20 heavy (non-hydrogen) atoms. The van der Waals surface area contributed by atoms with Crippen LogP contribution in [0.5, 0.6) is 0 Å². The van der Waals surface area contributed by atoms with Gasteiger partial charge in [-0.3, -0.25) is 0 Å². The van der Waals surface area contributed by atoms with E-state index in [0.717, 1.165) is 6.42 Å². The lowest BCUT2D eigenvalue weighted by Gasteiger charge is -2.12. The standard InChI is InChI=1S/C11H24O.C7H16O/c1-3-5-7-9-11(10-12)8-6-4-2;1-2-3-4-5-6-7-8/h11-12H,3-10H2,1-2H3;8H,2-7H2,1H3. The van der Waals surface area contributed by atoms with Gasteiger partial charge in [0.05, 0.1) is 0 Å². The first-order chi connectivity index (χ1) is 9.76. The SMILES string of the molecule is CCCCCC(CO)CCCC.CCCCCCCO. The van der Waals surface area contributed by atoms with E-state index in [4.69, 9.17) is 10.2 Å². The van der Waals surface area contributed by atoms with E-state index in [0.29, 0.717) is 19.1 Å². The van der Waals surface area contributed by atoms with Gasteiger partial charge in [0.2, 0.25) is 0 Å². The highest BCUT2D eigenvalue weighted by molar-refractivity contribution is 4.57. The maximum atomic E-state index is 9.05. The summed E-state index contributed by atoms with van der Waals surface area (Å²) in [5, 5.41) is 17.4. The highest BCUT2D eigenvalue weighted by Crippen LogP contribution is 2.15. The highest BCUT2D eigenvalue weighted by Gasteiger charge is 2.05. The van der Waals surface area contributed by atoms with Crippen molar-refractivity contribution in [1.29, 1.82) is 0 Å². The third kappa shape index (κ3) is 20.2. The van der Waals surface area contributed by atoms with E-state index in [-0.39, 0.29) is 0 Å². The van der Waals surface area contributed by atoms with E-state index in [9.17, 15) is 0 Å². The first-order valence-electron chi connectivity index (χ1n) is 8.98. The number of hydrogen-bond acceptors (Lipinski definition) is 2. The molecule has 2 N–H and O–H groups in total. The molecule has 0 aromatic carbocycles. The lowest BCUT2D eigenvalue weighted by atomic mass is 9.96. The average molecular weight is 289 g/mol. The molecule has 0 aliphatic heterocycles. The van der Waals surface area contributed by atoms with Crippen LogP contribution >= 0.6 is 0 Å². The van der Waals surface area contributed by atoms with Gasteiger partial charge in [0.1, 0.15) is 0 Å². The van der Waals surface area contributed by atoms with Gasteiger partial charge in [-0.1, -0.05) is 78.6 Å². The quantitative estimate of drug-likeness (QED) is 0.451. The maximum absolute atomic E-state index is 9.05. The second-order valence-electron chi connectivity index (χ2n) is 5.82. The Balaban J connectivity index is 0. The number of unbranched alkanes of at least 4 members (excludes halogenated alkanes) is 7. The predicted molar refractivity (Wildman–Crippen MR) is 90.1 cm³/mol. The summed E-state index contributed by atoms with van der Waals surface area (Å²) >= 11 is 0. The molecular formula is C18H40O2. The number of aliphatic hydroxyl groups is 2. The van der Waals surface area contributed by atoms with Gasteiger partial charge in [-0.25, -0.2) is 0 Å². The molecule has 0 radical (unpaired) electrons. The fraction of sp³-hybridized carbons (Fsp3) is 1.00. The minimum atomic E-state index is 0.365. The third-order valence-corrected chi connectivity index (χ3v) is 3.70. The fourth-order valence-corrected chi connectivity index (χ4v) is 2.22. The molecule has 0 aliphatic rings. The van der Waals surface area contributed by atoms with Crippen molar-refractivity contribution in [2.45, 2.75) is 97.8 Å². The molecule has 0 heterocycles. The van der Waals surface area contributed by atoms with E-state index >= 15 is 0 Å². The second kappa shape index (κ2) is 21.2. The summed E-state index contributed by atoms with van der Waals surface area (Å²) in [7, 11) is 0. The minimum absolute atomic E-state index is 0.365. The Morgan fingerprint density at radius 2 is 1.10 bits per heavy atom. The van der Waals surface area contributed by atoms with Crippen LogP contribution in [0.4, 0.5) is 0 Å². The average Bonchev–Trinajstić information content (AvgIpc) is 2.48. The molecule has 0 amide bonds. The van der Waals surface area contributed by atoms with Crippen molar-refractivity contribution in [3.05, 3.63) is 0 Å². The molecular weight excluding hydrogens is 248 g/mol. The summed E-state index contributed by atoms with van der Waals surface area (Å²) in [4.78, 5) is 0. The predicted octanol–water partition coefficient (Wildman–Crippen LogP) is 5.31. The Bertz CT molecular complexity index is 142. The first kappa shape index (κ1) is 22.2. The van der Waals surface area contributed by atoms with Crippen LogP contribution < -0.4 is 0 Å². The number of hydrogen-bond donors (Lipinski definition) is 2. The second-order valence-corrected chi connectivity index (χ2v) is 5.82. The normalized spacial score (nSPS) is 11.8. The van der Waals surface area contributed by atoms with Crippen LogP contribution in [0, 0.1) is 5.92 Å². The molecule has 124 valence electrons. The van der Waals surface area contributed by atoms with Gasteiger partial charge in [0.25, 0.3) is 0 Å². The van der Waals surface area contributed by atoms with Crippen LogP contribution in [0.2, 0.25) is 0 Å². The topological polar surface area (TPSA) is 40.5 Å². The zero-order valence-electron chi connectivity index (χ0n) is 14.4. The highest BCUT2D eigenvalue weighted by atomic mass is 16.3. The van der Waals surface area contributed by atoms with Crippen LogP contribution in [0.25, 0.3) is 0 Å². The molecule has 2 nitrogen and oxygen atoms in total. The molecule has 0 bridgehead atoms. The third-order valence-electron chi connectivity index (χ3n) is 3.70. The van der Waals surface area contributed by atoms with Crippen molar-refractivity contribution in [2.75, 3.05) is 13.2 Å². The molecule has 0 saturated carbocycles. The summed E-state index contributed by atoms with van der Waals surface area (Å²) in [6.45, 7) is 7.38. The van der Waals surface area contributed by atoms with Crippen molar-refractivity contribution in [1.82, 2.24) is 0 Å². The van der Waals surface area contributed by atoms with Gasteiger partial charge in [-0.2, -0.15) is 0 Å². The lowest BCUT2D eigenvalue weighted by molar-refractivity contribution is 0.205. The van der Waals surface area contributed by atoms with Crippen molar-refractivity contribution in [3.63, 3.8) is 0 Å². The smallest absolute Gasteiger partial charge is 0.0459 e. The lowest BCUT2D eigenvalue weighted by Crippen LogP contribution is -2.05. The molecule has 0 aromatic heterocycles. The van der Waals surface area contributed by atoms with Crippen LogP contribution in [0.1, 0.15) is 97.8 Å². The number of rotatable bonds is 13. The van der Waals surface area contributed by atoms with E-state index < -0.39 is 0 Å². The summed E-state index contributed by atoms with van der Waals surface area (Å²) in [5.74, 6) is 0.580. The monoisotopic (exact) mass is 288 g/mol. The van der Waals surface area contributed by atoms with Gasteiger partial charge >= 0.3 is 0 Å². The zero-order chi connectivity index (χ0) is 15.5. The fourth-order valence-electron chi connectivity index (χ4n) is 2.22. The molecule has 2 heteroatoms. The minimum Gasteiger partial charge on any atom is -0.396 e. The summed E-state index contributed by atoms with van der Waals surface area (Å²) in [6, 6.07) is 0. The molecule has 1 unspecified atom stereocenters. The molecule has 0 spiro atoms. The summed E-state index contributed by atoms with van der Waals surface area (Å²) < 4.78 is 0. The molecule has 0 aromatic rings. The van der Waals surface area contributed by atoms with Crippen molar-refractivity contribution in [3.8, 4) is 0 Å². The molecule has 0 rings (SSSR count). The van der Waals surface area contributed by atoms with Crippen LogP contribution in [0.15, 0.2) is 0 Å². The number of aliphatic hydroxyl groups excluding tert-OH is 2. The van der Waals surface area contributed by atoms with E-state index in [2.05, 4.69) is 20.8 Å². The van der Waals surface area contributed by atoms with Crippen molar-refractivity contribution < 1.29 is 10.2 Å². The first-order valence-corrected chi connectivity index (χ1v) is 8.98. The Morgan fingerprint density at radius 1 is 0.600 bits per heavy atom. The van der Waals surface area contributed by atoms with Crippen molar-refractivity contribution in [2.24, 2.45) is 5.92 Å². The Kier molecular flexibility index (Phi) is 23.6. The van der Waals surface area contributed by atoms with Crippen LogP contribution in [-0.4, -0.2) is 23.4 Å². The van der Waals surface area contributed by atoms with Gasteiger partial charge < -0.3 is 10.2 Å². The van der Waals surface area contributed by atoms with Gasteiger partial charge in [0.15, 0.2) is 0 Å². The van der Waals surface area contributed by atoms with E-state index in [1.165, 1.54) is 70.6 Å². The Labute approximate surface area is 128 Å². The van der Waals surface area contributed by atoms with Gasteiger partial charge in [-0.15, -0.1) is 0 Å². The van der Waals surface area contributed by atoms with Gasteiger partial charge in [0, 0.05) is 13.2 Å². The molecule has 0 saturated heterocycles. The molecule has 0 fully saturated rings. The maximum Gasteiger partial charge on any atom is 0.0459 e. The van der Waals surface area contributed by atoms with Crippen LogP contribution in [0.3, 0.4) is 0 Å². The Morgan fingerprint density at radius 3 is 1.60 bits per heavy atom. The zero-order valence-corrected chi connectivity index (χ0v) is 14.4. The van der Waals surface area contributed by atoms with Crippen molar-refractivity contribution >= 4 is 0 Å². The van der Waals surface area contributed by atoms with Gasteiger partial charge in [-0.05, 0) is 25.2 Å². The molecule has 1 atom stereocenters. The summed E-state index contributed by atoms with van der Waals surface area (Å²) in [6.07, 6.45) is 15.0. The largest absolute Gasteiger partial charge is 0.396 e. The van der Waals surface area contributed by atoms with Crippen LogP contribution in [-0.2, 0) is 0 Å². The molecule has 0 aliphatic carbocycles. The van der Waals surface area contributed by atoms with E-state index in [1.54, 1.807) is 0 Å². The summed E-state index contributed by atoms with van der Waals surface area (Å²) in [5.41, 5.74) is 0. The Hall–Kier alpha value is -0.0800.